The van der Waals surface area contributed by atoms with Crippen molar-refractivity contribution in [2.24, 2.45) is 0 Å². The Morgan fingerprint density at radius 2 is 2.18 bits per heavy atom. The van der Waals surface area contributed by atoms with Crippen molar-refractivity contribution in [1.29, 1.82) is 0 Å². The third kappa shape index (κ3) is 10.1. The number of carbonyl (C=O) groups is 1. The molecule has 1 amide bonds. The molecule has 0 saturated carbocycles. The predicted molar refractivity (Wildman–Crippen MR) is 119 cm³/mol. The van der Waals surface area contributed by atoms with E-state index in [1.54, 1.807) is 23.6 Å². The molecule has 0 aliphatic carbocycles. The Morgan fingerprint density at radius 3 is 2.93 bits per heavy atom. The first kappa shape index (κ1) is 24.5. The van der Waals surface area contributed by atoms with Gasteiger partial charge in [0.2, 0.25) is 5.91 Å². The largest absolute Gasteiger partial charge is 0.492 e. The van der Waals surface area contributed by atoms with Gasteiger partial charge < -0.3 is 15.0 Å². The molecule has 0 unspecified atom stereocenters. The molecule has 0 saturated heterocycles. The van der Waals surface area contributed by atoms with Gasteiger partial charge in [-0.05, 0) is 44.1 Å². The second-order valence-electron chi connectivity index (χ2n) is 6.22. The SMILES string of the molecule is CN(C)Cc1cc(OCC/C=C\NC(=O)CSCc2cccc(F)c2)cs1.Cl. The topological polar surface area (TPSA) is 41.6 Å². The molecule has 1 aromatic carbocycles. The number of benzene rings is 1. The molecule has 1 heterocycles. The van der Waals surface area contributed by atoms with E-state index in [1.165, 1.54) is 28.8 Å². The lowest BCUT2D eigenvalue weighted by Gasteiger charge is -2.06. The zero-order valence-electron chi connectivity index (χ0n) is 16.0. The lowest BCUT2D eigenvalue weighted by molar-refractivity contribution is -0.117. The molecule has 0 aliphatic rings. The summed E-state index contributed by atoms with van der Waals surface area (Å²) >= 11 is 3.15. The molecular weight excluding hydrogens is 419 g/mol. The van der Waals surface area contributed by atoms with Crippen LogP contribution < -0.4 is 10.1 Å². The number of ether oxygens (including phenoxy) is 1. The predicted octanol–water partition coefficient (Wildman–Crippen LogP) is 4.70. The zero-order valence-corrected chi connectivity index (χ0v) is 18.5. The van der Waals surface area contributed by atoms with Crippen LogP contribution in [-0.2, 0) is 17.1 Å². The Labute approximate surface area is 180 Å². The van der Waals surface area contributed by atoms with E-state index in [0.717, 1.165) is 24.3 Å². The Bertz CT molecular complexity index is 753. The summed E-state index contributed by atoms with van der Waals surface area (Å²) in [6.45, 7) is 1.48. The molecule has 8 heteroatoms. The fourth-order valence-electron chi connectivity index (χ4n) is 2.24. The van der Waals surface area contributed by atoms with Gasteiger partial charge in [0, 0.05) is 29.0 Å². The third-order valence-electron chi connectivity index (χ3n) is 3.41. The molecule has 1 N–H and O–H groups in total. The number of amides is 1. The minimum atomic E-state index is -0.251. The normalized spacial score (nSPS) is 10.9. The van der Waals surface area contributed by atoms with Crippen LogP contribution in [0, 0.1) is 5.82 Å². The van der Waals surface area contributed by atoms with Crippen LogP contribution in [0.4, 0.5) is 4.39 Å². The van der Waals surface area contributed by atoms with E-state index in [-0.39, 0.29) is 24.1 Å². The van der Waals surface area contributed by atoms with Crippen LogP contribution in [0.1, 0.15) is 16.9 Å². The summed E-state index contributed by atoms with van der Waals surface area (Å²) in [5.41, 5.74) is 0.877. The summed E-state index contributed by atoms with van der Waals surface area (Å²) in [7, 11) is 4.08. The monoisotopic (exact) mass is 444 g/mol. The number of thioether (sulfide) groups is 1. The van der Waals surface area contributed by atoms with Crippen molar-refractivity contribution < 1.29 is 13.9 Å². The van der Waals surface area contributed by atoms with E-state index < -0.39 is 0 Å². The smallest absolute Gasteiger partial charge is 0.233 e. The third-order valence-corrected chi connectivity index (χ3v) is 5.31. The maximum atomic E-state index is 13.1. The second kappa shape index (κ2) is 13.6. The summed E-state index contributed by atoms with van der Waals surface area (Å²) in [5, 5.41) is 4.75. The first-order valence-corrected chi connectivity index (χ1v) is 10.7. The molecule has 0 aliphatic heterocycles. The molecule has 154 valence electrons. The molecule has 1 aromatic heterocycles. The minimum Gasteiger partial charge on any atom is -0.492 e. The Kier molecular flexibility index (Phi) is 11.9. The molecule has 4 nitrogen and oxygen atoms in total. The highest BCUT2D eigenvalue weighted by molar-refractivity contribution is 7.99. The lowest BCUT2D eigenvalue weighted by atomic mass is 10.2. The first-order chi connectivity index (χ1) is 13.0. The number of carbonyl (C=O) groups excluding carboxylic acids is 1. The van der Waals surface area contributed by atoms with Gasteiger partial charge >= 0.3 is 0 Å². The Morgan fingerprint density at radius 1 is 1.36 bits per heavy atom. The number of rotatable bonds is 11. The van der Waals surface area contributed by atoms with Gasteiger partial charge in [0.15, 0.2) is 0 Å². The maximum Gasteiger partial charge on any atom is 0.233 e. The molecule has 0 bridgehead atoms. The Hall–Kier alpha value is -1.54. The molecule has 0 fully saturated rings. The van der Waals surface area contributed by atoms with Crippen LogP contribution in [0.25, 0.3) is 0 Å². The molecule has 0 radical (unpaired) electrons. The van der Waals surface area contributed by atoms with E-state index >= 15 is 0 Å². The molecule has 2 rings (SSSR count). The van der Waals surface area contributed by atoms with Crippen LogP contribution in [0.5, 0.6) is 5.75 Å². The zero-order chi connectivity index (χ0) is 19.5. The average Bonchev–Trinajstić information content (AvgIpc) is 3.04. The van der Waals surface area contributed by atoms with E-state index in [0.29, 0.717) is 18.1 Å². The van der Waals surface area contributed by atoms with E-state index in [2.05, 4.69) is 16.3 Å². The van der Waals surface area contributed by atoms with Crippen LogP contribution >= 0.6 is 35.5 Å². The summed E-state index contributed by atoms with van der Waals surface area (Å²) in [6.07, 6.45) is 4.25. The molecule has 0 atom stereocenters. The second-order valence-corrected chi connectivity index (χ2v) is 8.20. The van der Waals surface area contributed by atoms with Gasteiger partial charge in [-0.1, -0.05) is 18.2 Å². The standard InChI is InChI=1S/C20H25FN2O2S2.ClH/c1-23(2)12-19-11-18(14-27-19)25-9-4-3-8-22-20(24)15-26-13-16-6-5-7-17(21)10-16;/h3,5-8,10-11,14H,4,9,12-13,15H2,1-2H3,(H,22,24);1H/b8-3-;. The van der Waals surface area contributed by atoms with Crippen LogP contribution in [-0.4, -0.2) is 37.3 Å². The fourth-order valence-corrected chi connectivity index (χ4v) is 3.95. The lowest BCUT2D eigenvalue weighted by Crippen LogP contribution is -2.19. The summed E-state index contributed by atoms with van der Waals surface area (Å²) in [4.78, 5) is 15.1. The highest BCUT2D eigenvalue weighted by Crippen LogP contribution is 2.22. The van der Waals surface area contributed by atoms with Crippen molar-refractivity contribution in [3.63, 3.8) is 0 Å². The van der Waals surface area contributed by atoms with Crippen molar-refractivity contribution in [1.82, 2.24) is 10.2 Å². The van der Waals surface area contributed by atoms with Gasteiger partial charge in [0.1, 0.15) is 11.6 Å². The van der Waals surface area contributed by atoms with Gasteiger partial charge in [-0.3, -0.25) is 4.79 Å². The van der Waals surface area contributed by atoms with Gasteiger partial charge in [-0.2, -0.15) is 0 Å². The van der Waals surface area contributed by atoms with Crippen molar-refractivity contribution in [3.05, 3.63) is 64.2 Å². The van der Waals surface area contributed by atoms with Gasteiger partial charge in [0.05, 0.1) is 12.4 Å². The van der Waals surface area contributed by atoms with Crippen molar-refractivity contribution in [2.75, 3.05) is 26.5 Å². The van der Waals surface area contributed by atoms with Crippen LogP contribution in [0.15, 0.2) is 48.0 Å². The van der Waals surface area contributed by atoms with Gasteiger partial charge in [-0.25, -0.2) is 4.39 Å². The number of nitrogens with one attached hydrogen (secondary N) is 1. The van der Waals surface area contributed by atoms with Gasteiger partial charge in [0.25, 0.3) is 0 Å². The molecule has 28 heavy (non-hydrogen) atoms. The number of hydrogen-bond donors (Lipinski definition) is 1. The van der Waals surface area contributed by atoms with Crippen molar-refractivity contribution in [3.8, 4) is 5.75 Å². The fraction of sp³-hybridized carbons (Fsp3) is 0.350. The molecule has 0 spiro atoms. The summed E-state index contributed by atoms with van der Waals surface area (Å²) in [5.74, 6) is 1.52. The highest BCUT2D eigenvalue weighted by atomic mass is 35.5. The Balaban J connectivity index is 0.00000392. The minimum absolute atomic E-state index is 0. The van der Waals surface area contributed by atoms with E-state index in [1.807, 2.05) is 31.6 Å². The molecular formula is C20H26ClFN2O2S2. The number of nitrogens with zero attached hydrogens (tertiary/aromatic N) is 1. The summed E-state index contributed by atoms with van der Waals surface area (Å²) < 4.78 is 18.8. The number of halogens is 2. The van der Waals surface area contributed by atoms with E-state index in [4.69, 9.17) is 4.74 Å². The number of thiophene rings is 1. The van der Waals surface area contributed by atoms with Crippen molar-refractivity contribution in [2.45, 2.75) is 18.7 Å². The summed E-state index contributed by atoms with van der Waals surface area (Å²) in [6, 6.07) is 8.49. The average molecular weight is 445 g/mol. The van der Waals surface area contributed by atoms with Crippen molar-refractivity contribution >= 4 is 41.4 Å². The first-order valence-electron chi connectivity index (χ1n) is 8.64. The quantitative estimate of drug-likeness (QED) is 0.510. The molecule has 2 aromatic rings. The number of hydrogen-bond acceptors (Lipinski definition) is 5. The van der Waals surface area contributed by atoms with Crippen LogP contribution in [0.3, 0.4) is 0 Å². The van der Waals surface area contributed by atoms with Gasteiger partial charge in [-0.15, -0.1) is 35.5 Å². The van der Waals surface area contributed by atoms with Crippen LogP contribution in [0.2, 0.25) is 0 Å². The van der Waals surface area contributed by atoms with E-state index in [9.17, 15) is 9.18 Å². The maximum absolute atomic E-state index is 13.1. The highest BCUT2D eigenvalue weighted by Gasteiger charge is 2.02.